The number of benzene rings is 1. The third kappa shape index (κ3) is 3.66. The fraction of sp³-hybridized carbons (Fsp3) is 0.188. The number of aromatic nitrogens is 1. The molecule has 0 fully saturated rings. The number of hydrogen-bond acceptors (Lipinski definition) is 3. The van der Waals surface area contributed by atoms with Gasteiger partial charge in [-0.2, -0.15) is 0 Å². The summed E-state index contributed by atoms with van der Waals surface area (Å²) in [5.41, 5.74) is 3.50. The molecule has 21 heavy (non-hydrogen) atoms. The number of nitrogens with zero attached hydrogens (tertiary/aromatic N) is 1. The number of aryl methyl sites for hydroxylation is 1. The van der Waals surface area contributed by atoms with Gasteiger partial charge in [-0.25, -0.2) is 0 Å². The highest BCUT2D eigenvalue weighted by molar-refractivity contribution is 6.05. The number of amides is 2. The number of pyridine rings is 1. The van der Waals surface area contributed by atoms with E-state index in [1.165, 1.54) is 13.1 Å². The second kappa shape index (κ2) is 6.17. The first-order chi connectivity index (χ1) is 9.97. The zero-order valence-electron chi connectivity index (χ0n) is 12.2. The van der Waals surface area contributed by atoms with Crippen LogP contribution in [0.5, 0.6) is 0 Å². The first-order valence-electron chi connectivity index (χ1n) is 6.58. The molecule has 108 valence electrons. The second-order valence-corrected chi connectivity index (χ2v) is 4.80. The molecule has 0 unspecified atom stereocenters. The molecule has 2 rings (SSSR count). The van der Waals surface area contributed by atoms with Crippen LogP contribution in [0, 0.1) is 13.8 Å². The first-order valence-corrected chi connectivity index (χ1v) is 6.58. The van der Waals surface area contributed by atoms with Gasteiger partial charge in [-0.3, -0.25) is 14.6 Å². The summed E-state index contributed by atoms with van der Waals surface area (Å²) in [6.45, 7) is 5.15. The molecule has 2 N–H and O–H groups in total. The predicted molar refractivity (Wildman–Crippen MR) is 82.4 cm³/mol. The van der Waals surface area contributed by atoms with Gasteiger partial charge in [0.15, 0.2) is 0 Å². The summed E-state index contributed by atoms with van der Waals surface area (Å²) >= 11 is 0. The summed E-state index contributed by atoms with van der Waals surface area (Å²) in [5, 5.41) is 5.56. The lowest BCUT2D eigenvalue weighted by Gasteiger charge is -2.12. The van der Waals surface area contributed by atoms with Gasteiger partial charge in [-0.1, -0.05) is 6.07 Å². The van der Waals surface area contributed by atoms with Crippen LogP contribution in [0.2, 0.25) is 0 Å². The molecule has 0 spiro atoms. The maximum Gasteiger partial charge on any atom is 0.257 e. The van der Waals surface area contributed by atoms with E-state index in [0.29, 0.717) is 16.9 Å². The van der Waals surface area contributed by atoms with Gasteiger partial charge in [0.2, 0.25) is 5.91 Å². The highest BCUT2D eigenvalue weighted by Crippen LogP contribution is 2.23. The molecule has 0 aliphatic heterocycles. The third-order valence-corrected chi connectivity index (χ3v) is 3.07. The molecule has 0 aliphatic carbocycles. The fourth-order valence-electron chi connectivity index (χ4n) is 1.89. The van der Waals surface area contributed by atoms with Crippen molar-refractivity contribution in [1.82, 2.24) is 4.98 Å². The Labute approximate surface area is 123 Å². The molecular formula is C16H17N3O2. The number of carbonyl (C=O) groups excluding carboxylic acids is 2. The van der Waals surface area contributed by atoms with E-state index in [1.54, 1.807) is 30.3 Å². The van der Waals surface area contributed by atoms with Crippen molar-refractivity contribution in [2.75, 3.05) is 10.6 Å². The summed E-state index contributed by atoms with van der Waals surface area (Å²) in [6, 6.07) is 8.88. The van der Waals surface area contributed by atoms with Crippen molar-refractivity contribution in [2.45, 2.75) is 20.8 Å². The molecule has 0 atom stereocenters. The van der Waals surface area contributed by atoms with Crippen molar-refractivity contribution in [3.05, 3.63) is 53.3 Å². The molecular weight excluding hydrogens is 266 g/mol. The lowest BCUT2D eigenvalue weighted by atomic mass is 10.1. The van der Waals surface area contributed by atoms with Crippen LogP contribution in [0.4, 0.5) is 11.4 Å². The Hall–Kier alpha value is -2.69. The van der Waals surface area contributed by atoms with Gasteiger partial charge in [-0.05, 0) is 43.7 Å². The molecule has 0 bridgehead atoms. The van der Waals surface area contributed by atoms with Crippen molar-refractivity contribution in [3.63, 3.8) is 0 Å². The number of anilines is 2. The van der Waals surface area contributed by atoms with Gasteiger partial charge < -0.3 is 10.6 Å². The van der Waals surface area contributed by atoms with E-state index in [2.05, 4.69) is 15.6 Å². The highest BCUT2D eigenvalue weighted by Gasteiger charge is 2.10. The highest BCUT2D eigenvalue weighted by atomic mass is 16.2. The van der Waals surface area contributed by atoms with E-state index in [0.717, 1.165) is 11.3 Å². The molecule has 2 amide bonds. The predicted octanol–water partition coefficient (Wildman–Crippen LogP) is 2.91. The summed E-state index contributed by atoms with van der Waals surface area (Å²) in [6.07, 6.45) is 1.54. The third-order valence-electron chi connectivity index (χ3n) is 3.07. The average Bonchev–Trinajstić information content (AvgIpc) is 2.43. The SMILES string of the molecule is CC(=O)Nc1cccc(NC(=O)c2ccc(C)nc2)c1C. The number of rotatable bonds is 3. The van der Waals surface area contributed by atoms with Crippen LogP contribution in [-0.4, -0.2) is 16.8 Å². The van der Waals surface area contributed by atoms with E-state index in [-0.39, 0.29) is 11.8 Å². The van der Waals surface area contributed by atoms with Crippen molar-refractivity contribution < 1.29 is 9.59 Å². The Balaban J connectivity index is 2.21. The molecule has 1 aromatic carbocycles. The maximum absolute atomic E-state index is 12.2. The molecule has 0 saturated heterocycles. The van der Waals surface area contributed by atoms with Crippen LogP contribution < -0.4 is 10.6 Å². The summed E-state index contributed by atoms with van der Waals surface area (Å²) in [7, 11) is 0. The van der Waals surface area contributed by atoms with Gasteiger partial charge in [0.25, 0.3) is 5.91 Å². The normalized spacial score (nSPS) is 10.0. The van der Waals surface area contributed by atoms with Gasteiger partial charge in [0.05, 0.1) is 5.56 Å². The van der Waals surface area contributed by atoms with Crippen molar-refractivity contribution in [1.29, 1.82) is 0 Å². The van der Waals surface area contributed by atoms with Crippen LogP contribution >= 0.6 is 0 Å². The summed E-state index contributed by atoms with van der Waals surface area (Å²) in [4.78, 5) is 27.4. The summed E-state index contributed by atoms with van der Waals surface area (Å²) in [5.74, 6) is -0.380. The number of carbonyl (C=O) groups is 2. The minimum atomic E-state index is -0.231. The Bertz CT molecular complexity index is 678. The second-order valence-electron chi connectivity index (χ2n) is 4.80. The monoisotopic (exact) mass is 283 g/mol. The molecule has 2 aromatic rings. The Kier molecular flexibility index (Phi) is 4.33. The van der Waals surface area contributed by atoms with Gasteiger partial charge in [0, 0.05) is 30.2 Å². The lowest BCUT2D eigenvalue weighted by Crippen LogP contribution is -2.14. The Morgan fingerprint density at radius 1 is 1.00 bits per heavy atom. The average molecular weight is 283 g/mol. The van der Waals surface area contributed by atoms with Crippen molar-refractivity contribution >= 4 is 23.2 Å². The summed E-state index contributed by atoms with van der Waals surface area (Å²) < 4.78 is 0. The quantitative estimate of drug-likeness (QED) is 0.909. The molecule has 1 heterocycles. The Morgan fingerprint density at radius 3 is 2.24 bits per heavy atom. The first kappa shape index (κ1) is 14.7. The minimum absolute atomic E-state index is 0.149. The molecule has 0 saturated carbocycles. The largest absolute Gasteiger partial charge is 0.326 e. The number of hydrogen-bond donors (Lipinski definition) is 2. The zero-order valence-corrected chi connectivity index (χ0v) is 12.2. The van der Waals surface area contributed by atoms with Crippen LogP contribution in [0.25, 0.3) is 0 Å². The number of nitrogens with one attached hydrogen (secondary N) is 2. The Morgan fingerprint density at radius 2 is 1.67 bits per heavy atom. The van der Waals surface area contributed by atoms with Gasteiger partial charge in [-0.15, -0.1) is 0 Å². The zero-order chi connectivity index (χ0) is 15.4. The van der Waals surface area contributed by atoms with Crippen molar-refractivity contribution in [2.24, 2.45) is 0 Å². The van der Waals surface area contributed by atoms with Crippen LogP contribution in [0.3, 0.4) is 0 Å². The molecule has 5 nitrogen and oxygen atoms in total. The molecule has 1 aromatic heterocycles. The molecule has 0 radical (unpaired) electrons. The minimum Gasteiger partial charge on any atom is -0.326 e. The molecule has 5 heteroatoms. The van der Waals surface area contributed by atoms with E-state index in [1.807, 2.05) is 13.8 Å². The lowest BCUT2D eigenvalue weighted by molar-refractivity contribution is -0.114. The maximum atomic E-state index is 12.2. The molecule has 0 aliphatic rings. The van der Waals surface area contributed by atoms with Gasteiger partial charge in [0.1, 0.15) is 0 Å². The fourth-order valence-corrected chi connectivity index (χ4v) is 1.89. The topological polar surface area (TPSA) is 71.1 Å². The van der Waals surface area contributed by atoms with Crippen LogP contribution in [0.1, 0.15) is 28.5 Å². The van der Waals surface area contributed by atoms with E-state index >= 15 is 0 Å². The van der Waals surface area contributed by atoms with Gasteiger partial charge >= 0.3 is 0 Å². The van der Waals surface area contributed by atoms with Crippen LogP contribution in [0.15, 0.2) is 36.5 Å². The smallest absolute Gasteiger partial charge is 0.257 e. The van der Waals surface area contributed by atoms with Crippen LogP contribution in [-0.2, 0) is 4.79 Å². The van der Waals surface area contributed by atoms with E-state index in [4.69, 9.17) is 0 Å². The van der Waals surface area contributed by atoms with E-state index in [9.17, 15) is 9.59 Å². The van der Waals surface area contributed by atoms with E-state index < -0.39 is 0 Å². The van der Waals surface area contributed by atoms with Crippen molar-refractivity contribution in [3.8, 4) is 0 Å². The standard InChI is InChI=1S/C16H17N3O2/c1-10-7-8-13(9-17-10)16(21)19-15-6-4-5-14(11(15)2)18-12(3)20/h4-9H,1-3H3,(H,18,20)(H,19,21).